The highest BCUT2D eigenvalue weighted by atomic mass is 79.9. The molecule has 0 saturated carbocycles. The summed E-state index contributed by atoms with van der Waals surface area (Å²) in [6.45, 7) is 10.4. The van der Waals surface area contributed by atoms with E-state index in [1.54, 1.807) is 50.1 Å². The summed E-state index contributed by atoms with van der Waals surface area (Å²) in [5.41, 5.74) is 5.21. The minimum atomic E-state index is -1.06. The molecule has 8 unspecified atom stereocenters. The Bertz CT molecular complexity index is 5960. The third-order valence-electron chi connectivity index (χ3n) is 21.9. The molecule has 0 bridgehead atoms. The quantitative estimate of drug-likeness (QED) is 0.00897. The van der Waals surface area contributed by atoms with Gasteiger partial charge in [-0.3, -0.25) is 39.6 Å². The second kappa shape index (κ2) is 51.6. The lowest BCUT2D eigenvalue weighted by Gasteiger charge is -2.34. The number of thiazole rings is 4. The molecule has 36 nitrogen and oxygen atoms in total. The standard InChI is InChI=1S/2C24H24ClFN4O5S.C23H22BrFN4O5S.C23H22ClFN4O5S/c2*1-2-34-24(33)20-18(13-30-8-9-35-15(12-30)4-6-19(31)32)28-22(23-27-7-10-36-23)29-21(20)16-5-3-14(26)11-17(16)25;2*1-33-23(32)19-17(12-29-7-8-34-14(11-29)3-5-18(30)31)27-21(22-26-6-9-35-22)28-20(19)15-4-2-13(25)10-16(15)24/h2*3-7,10-11,15,21H,2,8-9,12-13H2,1H3,(H,28,29)(H,31,32);2*2-6,9-10,14,20H,7-8,11-12H2,1H3,(H,27,28)(H,30,31)/b2*6-4+;2*5-3+. The zero-order valence-electron chi connectivity index (χ0n) is 75.9. The van der Waals surface area contributed by atoms with Crippen LogP contribution in [0.1, 0.15) is 80.3 Å². The SMILES string of the molecule is CCOC(=O)C1=C(CN2CCOC(/C=C/C(=O)O)C2)NC(c2nccs2)=NC1c1ccc(F)cc1Cl.CCOC(=O)C1=C(CN2CCOC(/C=C/C(=O)O)C2)NC(c2nccs2)=NC1c1ccc(F)cc1Cl.COC(=O)C1=C(CN2CCOC(/C=C/C(=O)O)C2)NC(c2nccs2)=NC1c1ccc(F)cc1Br.COC(=O)C1=C(CN2CCOC(/C=C/C(=O)O)C2)NC(c2nccs2)=NC1c1ccc(F)cc1Cl. The van der Waals surface area contributed by atoms with E-state index in [9.17, 15) is 55.9 Å². The third kappa shape index (κ3) is 29.0. The van der Waals surface area contributed by atoms with Crippen LogP contribution in [0.3, 0.4) is 0 Å². The smallest absolute Gasteiger partial charge is 0.338 e. The van der Waals surface area contributed by atoms with Crippen LogP contribution in [0.25, 0.3) is 0 Å². The van der Waals surface area contributed by atoms with Gasteiger partial charge in [0.2, 0.25) is 0 Å². The topological polar surface area (TPSA) is 453 Å². The summed E-state index contributed by atoms with van der Waals surface area (Å²) >= 11 is 28.1. The lowest BCUT2D eigenvalue weighted by atomic mass is 9.95. The number of hydrogen-bond donors (Lipinski definition) is 8. The number of carboxylic acid groups (broad SMARTS) is 4. The molecule has 16 rings (SSSR count). The van der Waals surface area contributed by atoms with Gasteiger partial charge in [-0.15, -0.1) is 45.3 Å². The number of ether oxygens (including phenoxy) is 8. The lowest BCUT2D eigenvalue weighted by molar-refractivity contribution is -0.139. The number of rotatable bonds is 30. The number of esters is 4. The summed E-state index contributed by atoms with van der Waals surface area (Å²) in [5, 5.41) is 58.8. The van der Waals surface area contributed by atoms with Crippen LogP contribution in [0.4, 0.5) is 17.6 Å². The van der Waals surface area contributed by atoms with Crippen LogP contribution in [0.5, 0.6) is 0 Å². The molecule has 48 heteroatoms. The molecule has 0 amide bonds. The summed E-state index contributed by atoms with van der Waals surface area (Å²) in [6.07, 6.45) is 15.1. The molecule has 8 atom stereocenters. The van der Waals surface area contributed by atoms with Crippen molar-refractivity contribution in [2.75, 3.05) is 132 Å². The Balaban J connectivity index is 0.000000159. The van der Waals surface area contributed by atoms with Crippen LogP contribution in [-0.4, -0.2) is 288 Å². The molecule has 0 aliphatic carbocycles. The Morgan fingerprint density at radius 2 is 0.648 bits per heavy atom. The fourth-order valence-electron chi connectivity index (χ4n) is 15.7. The van der Waals surface area contributed by atoms with Crippen LogP contribution < -0.4 is 21.3 Å². The van der Waals surface area contributed by atoms with Gasteiger partial charge in [0, 0.05) is 208 Å². The predicted molar refractivity (Wildman–Crippen MR) is 524 cm³/mol. The Morgan fingerprint density at radius 1 is 0.401 bits per heavy atom. The maximum absolute atomic E-state index is 13.8. The van der Waals surface area contributed by atoms with Gasteiger partial charge in [-0.1, -0.05) is 75.0 Å². The van der Waals surface area contributed by atoms with Crippen LogP contribution >= 0.6 is 96.1 Å². The number of methoxy groups -OCH3 is 2. The van der Waals surface area contributed by atoms with Crippen molar-refractivity contribution < 1.29 is 114 Å². The van der Waals surface area contributed by atoms with Crippen molar-refractivity contribution in [3.63, 3.8) is 0 Å². The molecule has 0 spiro atoms. The Morgan fingerprint density at radius 3 is 0.873 bits per heavy atom. The second-order valence-electron chi connectivity index (χ2n) is 31.4. The molecule has 8 aliphatic rings. The van der Waals surface area contributed by atoms with Crippen molar-refractivity contribution in [1.82, 2.24) is 60.8 Å². The van der Waals surface area contributed by atoms with E-state index in [4.69, 9.17) is 113 Å². The zero-order valence-corrected chi connectivity index (χ0v) is 83.0. The molecule has 8 aliphatic heterocycles. The maximum atomic E-state index is 13.8. The highest BCUT2D eigenvalue weighted by Crippen LogP contribution is 2.43. The average molecular weight is 2160 g/mol. The molecule has 8 aromatic rings. The molecule has 8 N–H and O–H groups in total. The number of amidine groups is 4. The molecular formula is C94H92BrCl3F4N16O20S4. The van der Waals surface area contributed by atoms with Crippen LogP contribution in [0.15, 0.2) is 237 Å². The lowest BCUT2D eigenvalue weighted by Crippen LogP contribution is -2.46. The van der Waals surface area contributed by atoms with E-state index in [2.05, 4.69) is 57.1 Å². The number of nitrogens with one attached hydrogen (secondary N) is 4. The first-order valence-electron chi connectivity index (χ1n) is 43.6. The fourth-order valence-corrected chi connectivity index (χ4v) is 19.4. The summed E-state index contributed by atoms with van der Waals surface area (Å²) in [6, 6.07) is 12.8. The van der Waals surface area contributed by atoms with Gasteiger partial charge in [-0.2, -0.15) is 0 Å². The molecule has 4 aromatic carbocycles. The van der Waals surface area contributed by atoms with Gasteiger partial charge < -0.3 is 79.6 Å². The molecule has 4 saturated heterocycles. The van der Waals surface area contributed by atoms with Gasteiger partial charge in [0.15, 0.2) is 43.4 Å². The van der Waals surface area contributed by atoms with Gasteiger partial charge in [-0.25, -0.2) is 75.9 Å². The number of carboxylic acids is 4. The molecule has 12 heterocycles. The summed E-state index contributed by atoms with van der Waals surface area (Å²) in [4.78, 5) is 140. The van der Waals surface area contributed by atoms with E-state index in [0.29, 0.717) is 203 Å². The Kier molecular flexibility index (Phi) is 38.9. The van der Waals surface area contributed by atoms with Crippen molar-refractivity contribution in [3.8, 4) is 0 Å². The average Bonchev–Trinajstić information content (AvgIpc) is 1.78. The minimum absolute atomic E-state index is 0.130. The fraction of sp³-hybridized carbons (Fsp3) is 0.319. The number of benzene rings is 4. The molecule has 4 aromatic heterocycles. The molecule has 748 valence electrons. The largest absolute Gasteiger partial charge is 0.478 e. The second-order valence-corrected chi connectivity index (χ2v) is 37.0. The number of carbonyl (C=O) groups is 8. The Hall–Kier alpha value is -12.3. The molecule has 0 radical (unpaired) electrons. The Labute approximate surface area is 849 Å². The van der Waals surface area contributed by atoms with Crippen molar-refractivity contribution in [3.05, 3.63) is 298 Å². The van der Waals surface area contributed by atoms with Crippen LogP contribution in [0.2, 0.25) is 15.1 Å². The van der Waals surface area contributed by atoms with Crippen molar-refractivity contribution >= 4 is 167 Å². The number of hydrogen-bond acceptors (Lipinski definition) is 36. The van der Waals surface area contributed by atoms with Gasteiger partial charge in [0.25, 0.3) is 0 Å². The van der Waals surface area contributed by atoms with Crippen LogP contribution in [0, 0.1) is 23.3 Å². The first kappa shape index (κ1) is 107. The number of morpholine rings is 4. The summed E-state index contributed by atoms with van der Waals surface area (Å²) in [5.74, 6) is -6.61. The normalized spacial score (nSPS) is 20.9. The van der Waals surface area contributed by atoms with Crippen molar-refractivity contribution in [2.24, 2.45) is 20.0 Å². The van der Waals surface area contributed by atoms with E-state index in [0.717, 1.165) is 24.3 Å². The van der Waals surface area contributed by atoms with E-state index < -0.39 is 120 Å². The van der Waals surface area contributed by atoms with Crippen molar-refractivity contribution in [1.29, 1.82) is 0 Å². The van der Waals surface area contributed by atoms with Gasteiger partial charge in [-0.05, 0) is 92.2 Å². The number of carbonyl (C=O) groups excluding carboxylic acids is 4. The monoisotopic (exact) mass is 2150 g/mol. The highest BCUT2D eigenvalue weighted by Gasteiger charge is 2.42. The minimum Gasteiger partial charge on any atom is -0.478 e. The number of aliphatic imine (C=N–C) groups is 4. The number of aromatic nitrogens is 4. The van der Waals surface area contributed by atoms with E-state index >= 15 is 0 Å². The zero-order chi connectivity index (χ0) is 101. The third-order valence-corrected chi connectivity index (χ3v) is 26.7. The van der Waals surface area contributed by atoms with E-state index in [-0.39, 0.29) is 45.0 Å². The van der Waals surface area contributed by atoms with E-state index in [1.165, 1.54) is 151 Å². The summed E-state index contributed by atoms with van der Waals surface area (Å²) < 4.78 is 99.2. The highest BCUT2D eigenvalue weighted by molar-refractivity contribution is 9.10. The number of nitrogens with zero attached hydrogens (tertiary/aromatic N) is 12. The number of halogens is 8. The predicted octanol–water partition coefficient (Wildman–Crippen LogP) is 12.1. The van der Waals surface area contributed by atoms with E-state index in [1.807, 2.05) is 35.7 Å². The first-order valence-corrected chi connectivity index (χ1v) is 49.1. The van der Waals surface area contributed by atoms with Gasteiger partial charge >= 0.3 is 47.8 Å². The van der Waals surface area contributed by atoms with Crippen molar-refractivity contribution in [2.45, 2.75) is 62.4 Å². The molecular weight excluding hydrogens is 2060 g/mol. The summed E-state index contributed by atoms with van der Waals surface area (Å²) in [7, 11) is 2.57. The van der Waals surface area contributed by atoms with Gasteiger partial charge in [0.05, 0.1) is 101 Å². The van der Waals surface area contributed by atoms with Crippen LogP contribution in [-0.2, 0) is 76.3 Å². The van der Waals surface area contributed by atoms with Gasteiger partial charge in [0.1, 0.15) is 47.4 Å². The maximum Gasteiger partial charge on any atom is 0.338 e. The molecule has 142 heavy (non-hydrogen) atoms. The molecule has 4 fully saturated rings. The first-order chi connectivity index (χ1) is 68.4. The number of aliphatic carboxylic acids is 4.